The summed E-state index contributed by atoms with van der Waals surface area (Å²) in [5, 5.41) is 0. The zero-order chi connectivity index (χ0) is 24.7. The van der Waals surface area contributed by atoms with Crippen molar-refractivity contribution in [3.8, 4) is 0 Å². The van der Waals surface area contributed by atoms with Crippen LogP contribution in [0.3, 0.4) is 0 Å². The molecule has 0 aliphatic rings. The van der Waals surface area contributed by atoms with E-state index in [0.717, 1.165) is 12.8 Å². The maximum atomic E-state index is 12.5. The summed E-state index contributed by atoms with van der Waals surface area (Å²) in [4.78, 5) is 26.0. The fourth-order valence-corrected chi connectivity index (χ4v) is 4.03. The molecule has 0 bridgehead atoms. The van der Waals surface area contributed by atoms with E-state index in [1.54, 1.807) is 7.05 Å². The van der Waals surface area contributed by atoms with Crippen molar-refractivity contribution in [2.75, 3.05) is 26.1 Å². The quantitative estimate of drug-likeness (QED) is 0.0874. The van der Waals surface area contributed by atoms with Crippen molar-refractivity contribution >= 4 is 23.7 Å². The van der Waals surface area contributed by atoms with E-state index in [0.29, 0.717) is 13.0 Å². The van der Waals surface area contributed by atoms with Gasteiger partial charge in [0.1, 0.15) is 12.6 Å². The molecule has 0 heterocycles. The number of hydrogen-bond acceptors (Lipinski definition) is 4. The van der Waals surface area contributed by atoms with E-state index in [1.165, 1.54) is 88.4 Å². The Morgan fingerprint density at radius 1 is 0.727 bits per heavy atom. The second-order valence-corrected chi connectivity index (χ2v) is 10.1. The van der Waals surface area contributed by atoms with Gasteiger partial charge in [0.2, 0.25) is 0 Å². The van der Waals surface area contributed by atoms with Crippen LogP contribution in [0.2, 0.25) is 0 Å². The molecule has 0 aromatic carbocycles. The third-order valence-electron chi connectivity index (χ3n) is 6.02. The van der Waals surface area contributed by atoms with E-state index in [9.17, 15) is 9.59 Å². The molecular formula is C27H52ClNO4. The molecule has 0 saturated heterocycles. The van der Waals surface area contributed by atoms with Gasteiger partial charge in [-0.25, -0.2) is 9.59 Å². The van der Waals surface area contributed by atoms with Crippen LogP contribution in [-0.4, -0.2) is 49.1 Å². The first-order valence-corrected chi connectivity index (χ1v) is 14.1. The van der Waals surface area contributed by atoms with Gasteiger partial charge in [0.05, 0.1) is 12.5 Å². The zero-order valence-electron chi connectivity index (χ0n) is 22.0. The van der Waals surface area contributed by atoms with Gasteiger partial charge in [-0.2, -0.15) is 0 Å². The van der Waals surface area contributed by atoms with Crippen LogP contribution in [0.4, 0.5) is 4.79 Å². The number of ether oxygens (including phenoxy) is 2. The highest BCUT2D eigenvalue weighted by Gasteiger charge is 2.29. The van der Waals surface area contributed by atoms with E-state index in [-0.39, 0.29) is 24.4 Å². The average molecular weight is 490 g/mol. The van der Waals surface area contributed by atoms with Crippen molar-refractivity contribution in [3.63, 3.8) is 0 Å². The second kappa shape index (κ2) is 22.8. The van der Waals surface area contributed by atoms with Crippen LogP contribution in [0.25, 0.3) is 0 Å². The van der Waals surface area contributed by atoms with E-state index >= 15 is 0 Å². The predicted molar refractivity (Wildman–Crippen MR) is 139 cm³/mol. The minimum Gasteiger partial charge on any atom is -0.464 e. The van der Waals surface area contributed by atoms with Gasteiger partial charge in [-0.1, -0.05) is 111 Å². The number of unbranched alkanes of at least 4 members (excludes halogenated alkanes) is 14. The van der Waals surface area contributed by atoms with Gasteiger partial charge in [-0.15, -0.1) is 11.6 Å². The molecule has 1 amide bonds. The molecule has 1 unspecified atom stereocenters. The molecule has 0 aromatic heterocycles. The molecule has 0 aromatic rings. The number of carbonyl (C=O) groups is 2. The molecule has 0 radical (unpaired) electrons. The van der Waals surface area contributed by atoms with Gasteiger partial charge in [0.25, 0.3) is 0 Å². The Bertz CT molecular complexity index is 473. The van der Waals surface area contributed by atoms with Gasteiger partial charge < -0.3 is 9.47 Å². The van der Waals surface area contributed by atoms with Crippen molar-refractivity contribution in [1.82, 2.24) is 4.90 Å². The number of likely N-dealkylation sites (N-methyl/N-ethyl adjacent to an activating group) is 1. The highest BCUT2D eigenvalue weighted by molar-refractivity contribution is 6.18. The van der Waals surface area contributed by atoms with Crippen LogP contribution in [0.5, 0.6) is 0 Å². The Kier molecular flexibility index (Phi) is 22.1. The van der Waals surface area contributed by atoms with Gasteiger partial charge in [-0.05, 0) is 18.8 Å². The second-order valence-electron chi connectivity index (χ2n) is 9.68. The monoisotopic (exact) mass is 489 g/mol. The Balaban J connectivity index is 3.77. The first kappa shape index (κ1) is 32.0. The normalized spacial score (nSPS) is 12.1. The fourth-order valence-electron chi connectivity index (χ4n) is 3.96. The summed E-state index contributed by atoms with van der Waals surface area (Å²) < 4.78 is 10.5. The lowest BCUT2D eigenvalue weighted by molar-refractivity contribution is -0.149. The van der Waals surface area contributed by atoms with E-state index in [2.05, 4.69) is 6.92 Å². The number of rotatable bonds is 22. The highest BCUT2D eigenvalue weighted by atomic mass is 35.5. The lowest BCUT2D eigenvalue weighted by atomic mass is 10.0. The van der Waals surface area contributed by atoms with E-state index < -0.39 is 12.1 Å². The number of hydrogen-bond donors (Lipinski definition) is 0. The summed E-state index contributed by atoms with van der Waals surface area (Å²) >= 11 is 5.57. The standard InChI is InChI=1S/C27H52ClNO4/c1-5-6-7-8-9-10-11-12-13-14-15-16-17-18-19-21-32-26(30)25(23-24(2)3)29(4)27(31)33-22-20-28/h24-25H,5-23H2,1-4H3. The third kappa shape index (κ3) is 19.1. The number of esters is 1. The summed E-state index contributed by atoms with van der Waals surface area (Å²) in [5.41, 5.74) is 0. The molecule has 0 rings (SSSR count). The number of carbonyl (C=O) groups excluding carboxylic acids is 2. The van der Waals surface area contributed by atoms with Gasteiger partial charge >= 0.3 is 12.1 Å². The minimum absolute atomic E-state index is 0.132. The molecule has 0 N–H and O–H groups in total. The Hall–Kier alpha value is -0.970. The van der Waals surface area contributed by atoms with Crippen molar-refractivity contribution in [1.29, 1.82) is 0 Å². The highest BCUT2D eigenvalue weighted by Crippen LogP contribution is 2.15. The molecule has 196 valence electrons. The van der Waals surface area contributed by atoms with Crippen LogP contribution in [0.15, 0.2) is 0 Å². The van der Waals surface area contributed by atoms with Crippen LogP contribution in [0, 0.1) is 5.92 Å². The smallest absolute Gasteiger partial charge is 0.410 e. The lowest BCUT2D eigenvalue weighted by Crippen LogP contribution is -2.44. The van der Waals surface area contributed by atoms with E-state index in [1.807, 2.05) is 13.8 Å². The van der Waals surface area contributed by atoms with Crippen LogP contribution >= 0.6 is 11.6 Å². The van der Waals surface area contributed by atoms with Crippen molar-refractivity contribution in [2.45, 2.75) is 130 Å². The molecule has 6 heteroatoms. The molecule has 33 heavy (non-hydrogen) atoms. The molecular weight excluding hydrogens is 438 g/mol. The Morgan fingerprint density at radius 3 is 1.61 bits per heavy atom. The summed E-state index contributed by atoms with van der Waals surface area (Å²) in [7, 11) is 1.58. The minimum atomic E-state index is -0.621. The third-order valence-corrected chi connectivity index (χ3v) is 6.17. The summed E-state index contributed by atoms with van der Waals surface area (Å²) in [6, 6.07) is -0.621. The summed E-state index contributed by atoms with van der Waals surface area (Å²) in [6.07, 6.45) is 19.6. The summed E-state index contributed by atoms with van der Waals surface area (Å²) in [5.74, 6) is 0.147. The van der Waals surface area contributed by atoms with Crippen molar-refractivity contribution in [2.24, 2.45) is 5.92 Å². The van der Waals surface area contributed by atoms with E-state index in [4.69, 9.17) is 21.1 Å². The average Bonchev–Trinajstić information content (AvgIpc) is 2.79. The number of halogens is 1. The van der Waals surface area contributed by atoms with Gasteiger partial charge in [0.15, 0.2) is 0 Å². The molecule has 0 saturated carbocycles. The van der Waals surface area contributed by atoms with Crippen molar-refractivity contribution < 1.29 is 19.1 Å². The first-order valence-electron chi connectivity index (χ1n) is 13.6. The largest absolute Gasteiger partial charge is 0.464 e. The predicted octanol–water partition coefficient (Wildman–Crippen LogP) is 8.12. The maximum Gasteiger partial charge on any atom is 0.410 e. The van der Waals surface area contributed by atoms with Crippen LogP contribution < -0.4 is 0 Å². The summed E-state index contributed by atoms with van der Waals surface area (Å²) in [6.45, 7) is 6.86. The number of amides is 1. The molecule has 0 spiro atoms. The topological polar surface area (TPSA) is 55.8 Å². The molecule has 1 atom stereocenters. The molecule has 0 aliphatic heterocycles. The number of alkyl halides is 1. The molecule has 5 nitrogen and oxygen atoms in total. The first-order chi connectivity index (χ1) is 15.9. The Labute approximate surface area is 209 Å². The maximum absolute atomic E-state index is 12.5. The van der Waals surface area contributed by atoms with Crippen molar-refractivity contribution in [3.05, 3.63) is 0 Å². The zero-order valence-corrected chi connectivity index (χ0v) is 22.8. The van der Waals surface area contributed by atoms with Crippen LogP contribution in [0.1, 0.15) is 124 Å². The SMILES string of the molecule is CCCCCCCCCCCCCCCCCOC(=O)C(CC(C)C)N(C)C(=O)OCCCl. The Morgan fingerprint density at radius 2 is 1.18 bits per heavy atom. The van der Waals surface area contributed by atoms with Crippen LogP contribution in [-0.2, 0) is 14.3 Å². The lowest BCUT2D eigenvalue weighted by Gasteiger charge is -2.27. The molecule has 0 aliphatic carbocycles. The van der Waals surface area contributed by atoms with Gasteiger partial charge in [-0.3, -0.25) is 4.90 Å². The molecule has 0 fully saturated rings. The number of nitrogens with zero attached hydrogens (tertiary/aromatic N) is 1. The fraction of sp³-hybridized carbons (Fsp3) is 0.926. The van der Waals surface area contributed by atoms with Gasteiger partial charge in [0, 0.05) is 7.05 Å².